The molecule has 3 aliphatic heterocycles. The molecule has 3 fully saturated rings. The van der Waals surface area contributed by atoms with E-state index in [1.165, 1.54) is 37.0 Å². The smallest absolute Gasteiger partial charge is 0.255 e. The van der Waals surface area contributed by atoms with Gasteiger partial charge in [-0.15, -0.1) is 0 Å². The van der Waals surface area contributed by atoms with Crippen molar-refractivity contribution in [2.75, 3.05) is 6.61 Å². The number of hydrogen-bond donors (Lipinski definition) is 2. The van der Waals surface area contributed by atoms with E-state index in [1.807, 2.05) is 0 Å². The number of carbonyl (C=O) groups is 2. The molecule has 1 aliphatic carbocycles. The lowest BCUT2D eigenvalue weighted by Crippen LogP contribution is -2.50. The summed E-state index contributed by atoms with van der Waals surface area (Å²) in [7, 11) is 0. The predicted molar refractivity (Wildman–Crippen MR) is 123 cm³/mol. The van der Waals surface area contributed by atoms with E-state index in [0.717, 1.165) is 12.8 Å². The zero-order valence-electron chi connectivity index (χ0n) is 19.2. The lowest BCUT2D eigenvalue weighted by molar-refractivity contribution is -0.126. The van der Waals surface area contributed by atoms with Crippen molar-refractivity contribution in [2.24, 2.45) is 0 Å². The molecule has 0 radical (unpaired) electrons. The number of halogens is 1. The van der Waals surface area contributed by atoms with Gasteiger partial charge in [0.15, 0.2) is 0 Å². The number of amides is 2. The molecule has 1 aromatic carbocycles. The molecule has 2 saturated heterocycles. The fraction of sp³-hybridized carbons (Fsp3) is 0.615. The molecule has 0 unspecified atom stereocenters. The maximum Gasteiger partial charge on any atom is 0.255 e. The molecule has 6 nitrogen and oxygen atoms in total. The van der Waals surface area contributed by atoms with Crippen LogP contribution in [0.4, 0.5) is 4.39 Å². The van der Waals surface area contributed by atoms with Crippen LogP contribution in [0.25, 0.3) is 0 Å². The Bertz CT molecular complexity index is 943. The van der Waals surface area contributed by atoms with Gasteiger partial charge in [-0.2, -0.15) is 0 Å². The molecule has 7 heteroatoms. The van der Waals surface area contributed by atoms with Crippen LogP contribution in [0.3, 0.4) is 0 Å². The average Bonchev–Trinajstić information content (AvgIpc) is 3.14. The third-order valence-corrected chi connectivity index (χ3v) is 7.76. The van der Waals surface area contributed by atoms with Gasteiger partial charge in [0.25, 0.3) is 5.91 Å². The molecule has 33 heavy (non-hydrogen) atoms. The summed E-state index contributed by atoms with van der Waals surface area (Å²) in [5.41, 5.74) is 2.03. The Kier molecular flexibility index (Phi) is 6.52. The second-order valence-electron chi connectivity index (χ2n) is 10.0. The van der Waals surface area contributed by atoms with Gasteiger partial charge >= 0.3 is 0 Å². The Labute approximate surface area is 194 Å². The van der Waals surface area contributed by atoms with E-state index in [-0.39, 0.29) is 36.3 Å². The predicted octanol–water partition coefficient (Wildman–Crippen LogP) is 3.59. The second-order valence-corrected chi connectivity index (χ2v) is 10.0. The number of benzene rings is 1. The van der Waals surface area contributed by atoms with Crippen molar-refractivity contribution >= 4 is 11.8 Å². The SMILES string of the molecule is C=C1CC[C@@H](N2Cc3c(ccc(C[C@H]4OCCC[C@@H]4NC4CCCCC4)c3F)C2=O)C(=O)N1. The summed E-state index contributed by atoms with van der Waals surface area (Å²) in [5.74, 6) is -0.830. The maximum absolute atomic E-state index is 15.6. The normalized spacial score (nSPS) is 28.7. The van der Waals surface area contributed by atoms with Crippen LogP contribution in [0, 0.1) is 5.82 Å². The highest BCUT2D eigenvalue weighted by Gasteiger charge is 2.40. The number of rotatable bonds is 5. The fourth-order valence-electron chi connectivity index (χ4n) is 5.91. The number of fused-ring (bicyclic) bond motifs is 1. The Hall–Kier alpha value is -2.25. The molecule has 0 spiro atoms. The van der Waals surface area contributed by atoms with Crippen LogP contribution in [0.2, 0.25) is 0 Å². The highest BCUT2D eigenvalue weighted by molar-refractivity contribution is 6.01. The summed E-state index contributed by atoms with van der Waals surface area (Å²) in [6.07, 6.45) is 9.89. The monoisotopic (exact) mass is 455 g/mol. The molecule has 2 amide bonds. The van der Waals surface area contributed by atoms with Crippen molar-refractivity contribution in [3.05, 3.63) is 46.9 Å². The van der Waals surface area contributed by atoms with Crippen molar-refractivity contribution in [1.82, 2.24) is 15.5 Å². The van der Waals surface area contributed by atoms with Crippen molar-refractivity contribution in [3.8, 4) is 0 Å². The summed E-state index contributed by atoms with van der Waals surface area (Å²) in [4.78, 5) is 26.9. The first-order chi connectivity index (χ1) is 16.0. The summed E-state index contributed by atoms with van der Waals surface area (Å²) in [5, 5.41) is 6.53. The Balaban J connectivity index is 1.30. The average molecular weight is 456 g/mol. The minimum Gasteiger partial charge on any atom is -0.376 e. The topological polar surface area (TPSA) is 70.7 Å². The van der Waals surface area contributed by atoms with E-state index >= 15 is 4.39 Å². The van der Waals surface area contributed by atoms with Gasteiger partial charge in [-0.3, -0.25) is 9.59 Å². The fourth-order valence-corrected chi connectivity index (χ4v) is 5.91. The molecule has 1 saturated carbocycles. The minimum atomic E-state index is -0.580. The summed E-state index contributed by atoms with van der Waals surface area (Å²) in [6, 6.07) is 3.63. The van der Waals surface area contributed by atoms with Gasteiger partial charge in [-0.1, -0.05) is 31.9 Å². The highest BCUT2D eigenvalue weighted by atomic mass is 19.1. The van der Waals surface area contributed by atoms with Crippen LogP contribution < -0.4 is 10.6 Å². The molecule has 178 valence electrons. The van der Waals surface area contributed by atoms with Crippen LogP contribution in [0.15, 0.2) is 24.4 Å². The van der Waals surface area contributed by atoms with Crippen LogP contribution in [-0.2, 0) is 22.5 Å². The van der Waals surface area contributed by atoms with E-state index in [2.05, 4.69) is 17.2 Å². The zero-order valence-corrected chi connectivity index (χ0v) is 19.2. The third-order valence-electron chi connectivity index (χ3n) is 7.76. The van der Waals surface area contributed by atoms with E-state index in [9.17, 15) is 9.59 Å². The molecule has 5 rings (SSSR count). The molecule has 0 aromatic heterocycles. The Morgan fingerprint density at radius 3 is 2.73 bits per heavy atom. The standard InChI is InChI=1S/C26H34FN3O3/c1-16-9-12-22(25(31)28-16)30-15-20-19(26(30)32)11-10-17(24(20)27)14-23-21(8-5-13-33-23)29-18-6-3-2-4-7-18/h10-11,18,21-23,29H,1-9,12-15H2,(H,28,31)/t21-,22+,23+/m0/s1. The van der Waals surface area contributed by atoms with Gasteiger partial charge in [0.05, 0.1) is 12.6 Å². The summed E-state index contributed by atoms with van der Waals surface area (Å²) in [6.45, 7) is 4.63. The minimum absolute atomic E-state index is 0.0726. The van der Waals surface area contributed by atoms with Crippen molar-refractivity contribution in [3.63, 3.8) is 0 Å². The lowest BCUT2D eigenvalue weighted by Gasteiger charge is -2.36. The number of ether oxygens (including phenoxy) is 1. The van der Waals surface area contributed by atoms with Gasteiger partial charge in [0.1, 0.15) is 11.9 Å². The van der Waals surface area contributed by atoms with Gasteiger partial charge in [0, 0.05) is 41.9 Å². The summed E-state index contributed by atoms with van der Waals surface area (Å²) >= 11 is 0. The first kappa shape index (κ1) is 22.5. The Morgan fingerprint density at radius 1 is 1.12 bits per heavy atom. The largest absolute Gasteiger partial charge is 0.376 e. The second kappa shape index (κ2) is 9.55. The first-order valence-electron chi connectivity index (χ1n) is 12.5. The van der Waals surface area contributed by atoms with Crippen molar-refractivity contribution < 1.29 is 18.7 Å². The number of nitrogens with zero attached hydrogens (tertiary/aromatic N) is 1. The van der Waals surface area contributed by atoms with Crippen LogP contribution in [0.5, 0.6) is 0 Å². The van der Waals surface area contributed by atoms with Crippen molar-refractivity contribution in [1.29, 1.82) is 0 Å². The van der Waals surface area contributed by atoms with Crippen LogP contribution in [-0.4, -0.2) is 47.6 Å². The molecule has 0 bridgehead atoms. The number of allylic oxidation sites excluding steroid dienone is 1. The van der Waals surface area contributed by atoms with E-state index in [0.29, 0.717) is 54.3 Å². The number of nitrogens with one attached hydrogen (secondary N) is 2. The number of piperidine rings is 1. The molecule has 2 N–H and O–H groups in total. The zero-order chi connectivity index (χ0) is 22.9. The molecular weight excluding hydrogens is 421 g/mol. The first-order valence-corrected chi connectivity index (χ1v) is 12.5. The lowest BCUT2D eigenvalue weighted by atomic mass is 9.90. The van der Waals surface area contributed by atoms with Crippen molar-refractivity contribution in [2.45, 2.75) is 95.0 Å². The van der Waals surface area contributed by atoms with Gasteiger partial charge < -0.3 is 20.3 Å². The molecule has 3 atom stereocenters. The Morgan fingerprint density at radius 2 is 1.94 bits per heavy atom. The van der Waals surface area contributed by atoms with Crippen LogP contribution in [0.1, 0.15) is 79.3 Å². The quantitative estimate of drug-likeness (QED) is 0.712. The van der Waals surface area contributed by atoms with E-state index < -0.39 is 6.04 Å². The van der Waals surface area contributed by atoms with Gasteiger partial charge in [0.2, 0.25) is 5.91 Å². The number of carbonyl (C=O) groups excluding carboxylic acids is 2. The van der Waals surface area contributed by atoms with E-state index in [1.54, 1.807) is 12.1 Å². The van der Waals surface area contributed by atoms with Gasteiger partial charge in [-0.25, -0.2) is 4.39 Å². The molecule has 1 aromatic rings. The van der Waals surface area contributed by atoms with Gasteiger partial charge in [-0.05, 0) is 50.2 Å². The molecular formula is C26H34FN3O3. The third kappa shape index (κ3) is 4.58. The number of hydrogen-bond acceptors (Lipinski definition) is 4. The highest BCUT2D eigenvalue weighted by Crippen LogP contribution is 2.32. The molecule has 4 aliphatic rings. The van der Waals surface area contributed by atoms with Crippen LogP contribution >= 0.6 is 0 Å². The molecule has 3 heterocycles. The summed E-state index contributed by atoms with van der Waals surface area (Å²) < 4.78 is 21.7. The maximum atomic E-state index is 15.6. The van der Waals surface area contributed by atoms with E-state index in [4.69, 9.17) is 4.74 Å².